The molecule has 0 N–H and O–H groups in total. The van der Waals surface area contributed by atoms with Crippen molar-refractivity contribution < 1.29 is 9.15 Å². The second-order valence-electron chi connectivity index (χ2n) is 4.04. The predicted octanol–water partition coefficient (Wildman–Crippen LogP) is 2.01. The number of para-hydroxylation sites is 1. The third kappa shape index (κ3) is 2.02. The van der Waals surface area contributed by atoms with Crippen LogP contribution in [0.3, 0.4) is 0 Å². The Kier molecular flexibility index (Phi) is 2.65. The zero-order valence-electron chi connectivity index (χ0n) is 10.2. The maximum atomic E-state index is 9.06. The first kappa shape index (κ1) is 11.3. The Morgan fingerprint density at radius 1 is 1.42 bits per heavy atom. The van der Waals surface area contributed by atoms with Crippen molar-refractivity contribution in [2.75, 3.05) is 0 Å². The Bertz CT molecular complexity index is 766. The molecule has 0 saturated heterocycles. The molecule has 1 aromatic carbocycles. The molecule has 0 bridgehead atoms. The minimum Gasteiger partial charge on any atom is -0.482 e. The van der Waals surface area contributed by atoms with Crippen LogP contribution in [0.1, 0.15) is 11.5 Å². The summed E-state index contributed by atoms with van der Waals surface area (Å²) in [5, 5.41) is 17.6. The Morgan fingerprint density at radius 2 is 2.26 bits per heavy atom. The summed E-state index contributed by atoms with van der Waals surface area (Å²) in [4.78, 5) is 0. The molecule has 0 fully saturated rings. The maximum Gasteiger partial charge on any atom is 0.246 e. The smallest absolute Gasteiger partial charge is 0.246 e. The third-order valence-corrected chi connectivity index (χ3v) is 2.67. The molecule has 0 unspecified atom stereocenters. The van der Waals surface area contributed by atoms with Crippen molar-refractivity contribution in [3.8, 4) is 11.8 Å². The lowest BCUT2D eigenvalue weighted by atomic mass is 10.2. The average molecular weight is 254 g/mol. The highest BCUT2D eigenvalue weighted by molar-refractivity contribution is 5.86. The number of nitrogens with zero attached hydrogens (tertiary/aromatic N) is 4. The van der Waals surface area contributed by atoms with Crippen molar-refractivity contribution in [2.24, 2.45) is 7.05 Å². The van der Waals surface area contributed by atoms with Crippen molar-refractivity contribution in [1.82, 2.24) is 15.0 Å². The summed E-state index contributed by atoms with van der Waals surface area (Å²) in [5.41, 5.74) is 1.32. The van der Waals surface area contributed by atoms with E-state index in [1.807, 2.05) is 24.3 Å². The normalized spacial score (nSPS) is 10.5. The molecule has 0 atom stereocenters. The lowest BCUT2D eigenvalue weighted by Gasteiger charge is -2.01. The molecule has 94 valence electrons. The molecule has 2 aromatic heterocycles. The second kappa shape index (κ2) is 4.46. The molecule has 0 saturated carbocycles. The van der Waals surface area contributed by atoms with E-state index in [-0.39, 0.29) is 12.4 Å². The van der Waals surface area contributed by atoms with Gasteiger partial charge in [0, 0.05) is 7.05 Å². The van der Waals surface area contributed by atoms with Crippen molar-refractivity contribution >= 4 is 11.0 Å². The van der Waals surface area contributed by atoms with Gasteiger partial charge in [-0.05, 0) is 12.1 Å². The molecule has 19 heavy (non-hydrogen) atoms. The van der Waals surface area contributed by atoms with Gasteiger partial charge in [-0.15, -0.1) is 5.10 Å². The Hall–Kier alpha value is -2.81. The van der Waals surface area contributed by atoms with E-state index in [0.717, 1.165) is 5.39 Å². The van der Waals surface area contributed by atoms with Gasteiger partial charge in [-0.25, -0.2) is 0 Å². The van der Waals surface area contributed by atoms with Crippen LogP contribution in [0.2, 0.25) is 0 Å². The van der Waals surface area contributed by atoms with Crippen molar-refractivity contribution in [2.45, 2.75) is 6.61 Å². The van der Waals surface area contributed by atoms with Gasteiger partial charge < -0.3 is 9.15 Å². The lowest BCUT2D eigenvalue weighted by Crippen LogP contribution is -1.96. The first-order chi connectivity index (χ1) is 9.28. The Balaban J connectivity index is 1.93. The second-order valence-corrected chi connectivity index (χ2v) is 4.04. The fraction of sp³-hybridized carbons (Fsp3) is 0.154. The van der Waals surface area contributed by atoms with Crippen LogP contribution in [0.15, 0.2) is 34.9 Å². The van der Waals surface area contributed by atoms with E-state index in [1.165, 1.54) is 0 Å². The first-order valence-corrected chi connectivity index (χ1v) is 5.67. The topological polar surface area (TPSA) is 76.9 Å². The van der Waals surface area contributed by atoms with Crippen LogP contribution in [0.5, 0.6) is 5.75 Å². The zero-order valence-corrected chi connectivity index (χ0v) is 10.2. The number of rotatable bonds is 3. The number of aromatic nitrogens is 3. The van der Waals surface area contributed by atoms with Crippen LogP contribution in [-0.4, -0.2) is 15.0 Å². The van der Waals surface area contributed by atoms with E-state index in [1.54, 1.807) is 24.0 Å². The fourth-order valence-electron chi connectivity index (χ4n) is 1.85. The lowest BCUT2D eigenvalue weighted by molar-refractivity contribution is 0.299. The van der Waals surface area contributed by atoms with Gasteiger partial charge >= 0.3 is 0 Å². The summed E-state index contributed by atoms with van der Waals surface area (Å²) in [6, 6.07) is 9.36. The number of hydrogen-bond donors (Lipinski definition) is 0. The van der Waals surface area contributed by atoms with Gasteiger partial charge in [-0.1, -0.05) is 17.3 Å². The summed E-state index contributed by atoms with van der Waals surface area (Å²) >= 11 is 0. The van der Waals surface area contributed by atoms with Gasteiger partial charge in [0.2, 0.25) is 5.76 Å². The molecular formula is C13H10N4O2. The van der Waals surface area contributed by atoms with Crippen LogP contribution >= 0.6 is 0 Å². The van der Waals surface area contributed by atoms with E-state index in [0.29, 0.717) is 17.0 Å². The van der Waals surface area contributed by atoms with Gasteiger partial charge in [0.1, 0.15) is 24.0 Å². The van der Waals surface area contributed by atoms with Crippen LogP contribution < -0.4 is 4.74 Å². The molecule has 0 amide bonds. The molecule has 2 heterocycles. The number of hydrogen-bond acceptors (Lipinski definition) is 5. The summed E-state index contributed by atoms with van der Waals surface area (Å²) in [6.45, 7) is 0.242. The molecular weight excluding hydrogens is 244 g/mol. The SMILES string of the molecule is Cn1cc(COc2c(C#N)oc3ccccc23)nn1. The van der Waals surface area contributed by atoms with Crippen LogP contribution in [-0.2, 0) is 13.7 Å². The van der Waals surface area contributed by atoms with Gasteiger partial charge in [0.15, 0.2) is 5.75 Å². The standard InChI is InChI=1S/C13H10N4O2/c1-17-7-9(15-16-17)8-18-13-10-4-2-3-5-11(10)19-12(13)6-14/h2-5,7H,8H2,1H3. The van der Waals surface area contributed by atoms with Crippen LogP contribution in [0.25, 0.3) is 11.0 Å². The first-order valence-electron chi connectivity index (χ1n) is 5.67. The summed E-state index contributed by atoms with van der Waals surface area (Å²) in [7, 11) is 1.78. The molecule has 0 aliphatic heterocycles. The minimum absolute atomic E-state index is 0.171. The monoisotopic (exact) mass is 254 g/mol. The predicted molar refractivity (Wildman–Crippen MR) is 66.3 cm³/mol. The van der Waals surface area contributed by atoms with Gasteiger partial charge in [-0.2, -0.15) is 5.26 Å². The number of aryl methyl sites for hydroxylation is 1. The summed E-state index contributed by atoms with van der Waals surface area (Å²) in [5.74, 6) is 0.619. The van der Waals surface area contributed by atoms with Crippen molar-refractivity contribution in [1.29, 1.82) is 5.26 Å². The maximum absolute atomic E-state index is 9.06. The van der Waals surface area contributed by atoms with E-state index < -0.39 is 0 Å². The number of fused-ring (bicyclic) bond motifs is 1. The van der Waals surface area contributed by atoms with E-state index in [9.17, 15) is 0 Å². The highest BCUT2D eigenvalue weighted by atomic mass is 16.5. The molecule has 6 nitrogen and oxygen atoms in total. The van der Waals surface area contributed by atoms with Crippen molar-refractivity contribution in [3.05, 3.63) is 41.9 Å². The van der Waals surface area contributed by atoms with Gasteiger partial charge in [-0.3, -0.25) is 4.68 Å². The fourth-order valence-corrected chi connectivity index (χ4v) is 1.85. The number of benzene rings is 1. The number of ether oxygens (including phenoxy) is 1. The largest absolute Gasteiger partial charge is 0.482 e. The third-order valence-electron chi connectivity index (χ3n) is 2.67. The van der Waals surface area contributed by atoms with Gasteiger partial charge in [0.25, 0.3) is 0 Å². The van der Waals surface area contributed by atoms with E-state index in [2.05, 4.69) is 10.3 Å². The average Bonchev–Trinajstić information content (AvgIpc) is 2.99. The zero-order chi connectivity index (χ0) is 13.2. The molecule has 0 spiro atoms. The molecule has 3 rings (SSSR count). The van der Waals surface area contributed by atoms with Crippen molar-refractivity contribution in [3.63, 3.8) is 0 Å². The number of nitriles is 1. The molecule has 0 aliphatic rings. The molecule has 6 heteroatoms. The Morgan fingerprint density at radius 3 is 3.00 bits per heavy atom. The highest BCUT2D eigenvalue weighted by Gasteiger charge is 2.15. The highest BCUT2D eigenvalue weighted by Crippen LogP contribution is 2.32. The van der Waals surface area contributed by atoms with E-state index in [4.69, 9.17) is 14.4 Å². The van der Waals surface area contributed by atoms with Gasteiger partial charge in [0.05, 0.1) is 11.6 Å². The summed E-state index contributed by atoms with van der Waals surface area (Å²) in [6.07, 6.45) is 1.76. The van der Waals surface area contributed by atoms with E-state index >= 15 is 0 Å². The molecule has 0 aliphatic carbocycles. The number of furan rings is 1. The molecule has 3 aromatic rings. The summed E-state index contributed by atoms with van der Waals surface area (Å²) < 4.78 is 12.7. The minimum atomic E-state index is 0.171. The Labute approximate surface area is 108 Å². The quantitative estimate of drug-likeness (QED) is 0.714. The van der Waals surface area contributed by atoms with Crippen LogP contribution in [0, 0.1) is 11.3 Å². The molecule has 0 radical (unpaired) electrons. The van der Waals surface area contributed by atoms with Crippen LogP contribution in [0.4, 0.5) is 0 Å².